The molecule has 0 spiro atoms. The maximum Gasteiger partial charge on any atom is 0.293 e. The molecule has 0 radical (unpaired) electrons. The van der Waals surface area contributed by atoms with Crippen molar-refractivity contribution in [3.63, 3.8) is 0 Å². The molecule has 16 heavy (non-hydrogen) atoms. The third-order valence-electron chi connectivity index (χ3n) is 2.42. The van der Waals surface area contributed by atoms with Crippen molar-refractivity contribution in [3.05, 3.63) is 18.2 Å². The van der Waals surface area contributed by atoms with E-state index in [1.54, 1.807) is 19.1 Å². The molecule has 5 heteroatoms. The average molecular weight is 224 g/mol. The van der Waals surface area contributed by atoms with Crippen molar-refractivity contribution in [2.75, 3.05) is 6.61 Å². The Morgan fingerprint density at radius 3 is 3.19 bits per heavy atom. The Morgan fingerprint density at radius 2 is 2.44 bits per heavy atom. The SMILES string of the molecule is CC(OC=O)C1COc2c(O)cccc2O1. The molecular weight excluding hydrogens is 212 g/mol. The molecule has 2 atom stereocenters. The number of fused-ring (bicyclic) bond motifs is 1. The monoisotopic (exact) mass is 224 g/mol. The van der Waals surface area contributed by atoms with Gasteiger partial charge >= 0.3 is 0 Å². The van der Waals surface area contributed by atoms with Crippen LogP contribution in [0.1, 0.15) is 6.92 Å². The number of carbonyl (C=O) groups excluding carboxylic acids is 1. The summed E-state index contributed by atoms with van der Waals surface area (Å²) < 4.78 is 15.7. The third-order valence-corrected chi connectivity index (χ3v) is 2.42. The van der Waals surface area contributed by atoms with Gasteiger partial charge in [-0.1, -0.05) is 6.07 Å². The zero-order chi connectivity index (χ0) is 11.5. The maximum atomic E-state index is 10.2. The van der Waals surface area contributed by atoms with Crippen LogP contribution >= 0.6 is 0 Å². The first-order chi connectivity index (χ1) is 7.72. The van der Waals surface area contributed by atoms with Crippen LogP contribution < -0.4 is 9.47 Å². The number of phenols is 1. The van der Waals surface area contributed by atoms with E-state index in [1.165, 1.54) is 6.07 Å². The second-order valence-corrected chi connectivity index (χ2v) is 3.51. The van der Waals surface area contributed by atoms with Crippen LogP contribution in [0.3, 0.4) is 0 Å². The van der Waals surface area contributed by atoms with Crippen molar-refractivity contribution < 1.29 is 24.1 Å². The highest BCUT2D eigenvalue weighted by molar-refractivity contribution is 5.51. The molecule has 1 heterocycles. The summed E-state index contributed by atoms with van der Waals surface area (Å²) in [5.41, 5.74) is 0. The van der Waals surface area contributed by atoms with Crippen molar-refractivity contribution in [2.24, 2.45) is 0 Å². The van der Waals surface area contributed by atoms with Gasteiger partial charge < -0.3 is 19.3 Å². The number of hydrogen-bond acceptors (Lipinski definition) is 5. The summed E-state index contributed by atoms with van der Waals surface area (Å²) >= 11 is 0. The van der Waals surface area contributed by atoms with Crippen molar-refractivity contribution >= 4 is 6.47 Å². The zero-order valence-electron chi connectivity index (χ0n) is 8.75. The van der Waals surface area contributed by atoms with E-state index in [4.69, 9.17) is 14.2 Å². The van der Waals surface area contributed by atoms with Gasteiger partial charge in [-0.05, 0) is 19.1 Å². The van der Waals surface area contributed by atoms with Gasteiger partial charge in [-0.2, -0.15) is 0 Å². The fourth-order valence-electron chi connectivity index (χ4n) is 1.51. The molecule has 0 fully saturated rings. The third kappa shape index (κ3) is 1.88. The zero-order valence-corrected chi connectivity index (χ0v) is 8.75. The molecular formula is C11H12O5. The van der Waals surface area contributed by atoms with Crippen LogP contribution in [0, 0.1) is 0 Å². The van der Waals surface area contributed by atoms with Crippen molar-refractivity contribution in [3.8, 4) is 17.2 Å². The number of ether oxygens (including phenoxy) is 3. The fourth-order valence-corrected chi connectivity index (χ4v) is 1.51. The van der Waals surface area contributed by atoms with E-state index in [0.717, 1.165) is 0 Å². The Morgan fingerprint density at radius 1 is 1.62 bits per heavy atom. The first-order valence-electron chi connectivity index (χ1n) is 4.93. The van der Waals surface area contributed by atoms with E-state index in [-0.39, 0.29) is 18.5 Å². The molecule has 2 rings (SSSR count). The standard InChI is InChI=1S/C11H12O5/c1-7(15-6-12)10-5-14-11-8(13)3-2-4-9(11)16-10/h2-4,6-7,10,13H,5H2,1H3. The second kappa shape index (κ2) is 4.30. The lowest BCUT2D eigenvalue weighted by atomic mass is 10.2. The van der Waals surface area contributed by atoms with Gasteiger partial charge in [-0.15, -0.1) is 0 Å². The van der Waals surface area contributed by atoms with Gasteiger partial charge in [0.05, 0.1) is 0 Å². The van der Waals surface area contributed by atoms with E-state index in [0.29, 0.717) is 18.0 Å². The first-order valence-corrected chi connectivity index (χ1v) is 4.93. The highest BCUT2D eigenvalue weighted by Gasteiger charge is 2.28. The number of rotatable bonds is 3. The lowest BCUT2D eigenvalue weighted by molar-refractivity contribution is -0.138. The van der Waals surface area contributed by atoms with E-state index < -0.39 is 6.10 Å². The van der Waals surface area contributed by atoms with Crippen LogP contribution in [0.2, 0.25) is 0 Å². The van der Waals surface area contributed by atoms with Crippen LogP contribution in [-0.4, -0.2) is 30.4 Å². The van der Waals surface area contributed by atoms with Crippen molar-refractivity contribution in [1.82, 2.24) is 0 Å². The summed E-state index contributed by atoms with van der Waals surface area (Å²) in [4.78, 5) is 10.2. The first kappa shape index (κ1) is 10.6. The molecule has 0 bridgehead atoms. The summed E-state index contributed by atoms with van der Waals surface area (Å²) in [6.07, 6.45) is -0.757. The molecule has 1 aromatic rings. The molecule has 1 N–H and O–H groups in total. The van der Waals surface area contributed by atoms with E-state index in [9.17, 15) is 9.90 Å². The maximum absolute atomic E-state index is 10.2. The lowest BCUT2D eigenvalue weighted by Gasteiger charge is -2.29. The predicted molar refractivity (Wildman–Crippen MR) is 54.6 cm³/mol. The fraction of sp³-hybridized carbons (Fsp3) is 0.364. The van der Waals surface area contributed by atoms with Gasteiger partial charge in [0.15, 0.2) is 17.6 Å². The topological polar surface area (TPSA) is 65.0 Å². The molecule has 0 saturated carbocycles. The van der Waals surface area contributed by atoms with E-state index in [2.05, 4.69) is 0 Å². The number of carbonyl (C=O) groups is 1. The summed E-state index contributed by atoms with van der Waals surface area (Å²) in [5.74, 6) is 0.828. The Labute approximate surface area is 92.5 Å². The molecule has 1 aliphatic heterocycles. The summed E-state index contributed by atoms with van der Waals surface area (Å²) in [5, 5.41) is 9.49. The molecule has 0 saturated heterocycles. The lowest BCUT2D eigenvalue weighted by Crippen LogP contribution is -2.39. The molecule has 1 aliphatic rings. The predicted octanol–water partition coefficient (Wildman–Crippen LogP) is 1.09. The highest BCUT2D eigenvalue weighted by atomic mass is 16.6. The average Bonchev–Trinajstić information content (AvgIpc) is 2.29. The molecule has 2 unspecified atom stereocenters. The normalized spacial score (nSPS) is 19.9. The number of hydrogen-bond donors (Lipinski definition) is 1. The van der Waals surface area contributed by atoms with Gasteiger partial charge in [-0.3, -0.25) is 4.79 Å². The van der Waals surface area contributed by atoms with Crippen LogP contribution in [0.25, 0.3) is 0 Å². The molecule has 0 aromatic heterocycles. The summed E-state index contributed by atoms with van der Waals surface area (Å²) in [7, 11) is 0. The van der Waals surface area contributed by atoms with Gasteiger partial charge in [-0.25, -0.2) is 0 Å². The Hall–Kier alpha value is -1.91. The molecule has 5 nitrogen and oxygen atoms in total. The van der Waals surface area contributed by atoms with Crippen LogP contribution in [-0.2, 0) is 9.53 Å². The largest absolute Gasteiger partial charge is 0.504 e. The van der Waals surface area contributed by atoms with E-state index in [1.807, 2.05) is 0 Å². The van der Waals surface area contributed by atoms with Gasteiger partial charge in [0.25, 0.3) is 6.47 Å². The van der Waals surface area contributed by atoms with Gasteiger partial charge in [0.1, 0.15) is 12.7 Å². The number of benzene rings is 1. The van der Waals surface area contributed by atoms with Crippen molar-refractivity contribution in [1.29, 1.82) is 0 Å². The number of aromatic hydroxyl groups is 1. The van der Waals surface area contributed by atoms with Crippen molar-refractivity contribution in [2.45, 2.75) is 19.1 Å². The number of para-hydroxylation sites is 1. The van der Waals surface area contributed by atoms with Crippen LogP contribution in [0.4, 0.5) is 0 Å². The number of phenolic OH excluding ortho intramolecular Hbond substituents is 1. The van der Waals surface area contributed by atoms with E-state index >= 15 is 0 Å². The quantitative estimate of drug-likeness (QED) is 0.778. The Balaban J connectivity index is 2.15. The van der Waals surface area contributed by atoms with Gasteiger partial charge in [0.2, 0.25) is 5.75 Å². The minimum Gasteiger partial charge on any atom is -0.504 e. The summed E-state index contributed by atoms with van der Waals surface area (Å²) in [6.45, 7) is 2.34. The minimum atomic E-state index is -0.395. The second-order valence-electron chi connectivity index (χ2n) is 3.51. The summed E-state index contributed by atoms with van der Waals surface area (Å²) in [6, 6.07) is 4.87. The Kier molecular flexibility index (Phi) is 2.85. The minimum absolute atomic E-state index is 0.0416. The van der Waals surface area contributed by atoms with Crippen LogP contribution in [0.5, 0.6) is 17.2 Å². The smallest absolute Gasteiger partial charge is 0.293 e. The van der Waals surface area contributed by atoms with Gasteiger partial charge in [0, 0.05) is 0 Å². The highest BCUT2D eigenvalue weighted by Crippen LogP contribution is 2.39. The Bertz CT molecular complexity index is 390. The van der Waals surface area contributed by atoms with Crippen LogP contribution in [0.15, 0.2) is 18.2 Å². The molecule has 1 aromatic carbocycles. The molecule has 86 valence electrons. The molecule has 0 amide bonds. The molecule has 0 aliphatic carbocycles.